The van der Waals surface area contributed by atoms with Crippen molar-refractivity contribution >= 4 is 33.3 Å². The summed E-state index contributed by atoms with van der Waals surface area (Å²) < 4.78 is 0.970. The topological polar surface area (TPSA) is 46.2 Å². The number of ketones is 1. The minimum atomic E-state index is -0.147. The number of benzene rings is 2. The molecule has 0 aliphatic heterocycles. The number of carbonyl (C=O) groups excluding carboxylic acids is 2. The summed E-state index contributed by atoms with van der Waals surface area (Å²) in [4.78, 5) is 24.0. The Morgan fingerprint density at radius 1 is 1.00 bits per heavy atom. The van der Waals surface area contributed by atoms with Gasteiger partial charge >= 0.3 is 0 Å². The molecule has 3 nitrogen and oxygen atoms in total. The van der Waals surface area contributed by atoms with Crippen molar-refractivity contribution in [2.45, 2.75) is 26.7 Å². The first kappa shape index (κ1) is 16.4. The number of anilines is 1. The lowest BCUT2D eigenvalue weighted by molar-refractivity contribution is -0.116. The van der Waals surface area contributed by atoms with E-state index in [4.69, 9.17) is 0 Å². The van der Waals surface area contributed by atoms with E-state index in [1.54, 1.807) is 12.1 Å². The van der Waals surface area contributed by atoms with E-state index >= 15 is 0 Å². The highest BCUT2D eigenvalue weighted by atomic mass is 79.9. The first-order chi connectivity index (χ1) is 10.5. The quantitative estimate of drug-likeness (QED) is 0.788. The molecule has 0 aliphatic rings. The first-order valence-electron chi connectivity index (χ1n) is 7.11. The van der Waals surface area contributed by atoms with Crippen LogP contribution in [0.1, 0.15) is 34.3 Å². The highest BCUT2D eigenvalue weighted by Gasteiger charge is 2.10. The number of halogens is 1. The van der Waals surface area contributed by atoms with Crippen LogP contribution in [0.2, 0.25) is 0 Å². The van der Waals surface area contributed by atoms with Gasteiger partial charge in [0.1, 0.15) is 0 Å². The number of Topliss-reactive ketones (excluding diaryl/α,β-unsaturated/α-hetero) is 1. The molecule has 4 heteroatoms. The fourth-order valence-corrected chi connectivity index (χ4v) is 2.57. The van der Waals surface area contributed by atoms with Gasteiger partial charge in [-0.1, -0.05) is 45.8 Å². The summed E-state index contributed by atoms with van der Waals surface area (Å²) in [6.45, 7) is 3.90. The molecule has 22 heavy (non-hydrogen) atoms. The third-order valence-corrected chi connectivity index (χ3v) is 3.91. The van der Waals surface area contributed by atoms with E-state index in [1.165, 1.54) is 0 Å². The van der Waals surface area contributed by atoms with Crippen LogP contribution in [0.4, 0.5) is 5.69 Å². The molecule has 0 heterocycles. The molecule has 1 amide bonds. The summed E-state index contributed by atoms with van der Waals surface area (Å²) in [7, 11) is 0. The zero-order valence-electron chi connectivity index (χ0n) is 12.7. The van der Waals surface area contributed by atoms with E-state index in [0.717, 1.165) is 21.3 Å². The van der Waals surface area contributed by atoms with Crippen molar-refractivity contribution in [2.75, 3.05) is 5.32 Å². The minimum absolute atomic E-state index is 0.0114. The van der Waals surface area contributed by atoms with E-state index < -0.39 is 0 Å². The summed E-state index contributed by atoms with van der Waals surface area (Å²) in [5.74, 6) is -0.159. The molecule has 2 aromatic rings. The largest absolute Gasteiger partial charge is 0.326 e. The number of hydrogen-bond donors (Lipinski definition) is 1. The second-order valence-electron chi connectivity index (χ2n) is 5.30. The molecule has 0 spiro atoms. The molecule has 0 atom stereocenters. The standard InChI is InChI=1S/C18H18BrNO2/c1-12-3-5-14(6-4-12)17(21)9-10-18(22)20-16-8-7-15(19)11-13(16)2/h3-8,11H,9-10H2,1-2H3,(H,20,22). The number of carbonyl (C=O) groups is 2. The van der Waals surface area contributed by atoms with Gasteiger partial charge < -0.3 is 5.32 Å². The Labute approximate surface area is 138 Å². The average Bonchev–Trinajstić information content (AvgIpc) is 2.48. The number of hydrogen-bond acceptors (Lipinski definition) is 2. The normalized spacial score (nSPS) is 10.3. The van der Waals surface area contributed by atoms with Crippen molar-refractivity contribution in [3.63, 3.8) is 0 Å². The maximum absolute atomic E-state index is 12.0. The van der Waals surface area contributed by atoms with Gasteiger partial charge in [-0.3, -0.25) is 9.59 Å². The Morgan fingerprint density at radius 3 is 2.32 bits per heavy atom. The molecule has 0 aliphatic carbocycles. The number of aryl methyl sites for hydroxylation is 2. The Kier molecular flexibility index (Phi) is 5.50. The monoisotopic (exact) mass is 359 g/mol. The van der Waals surface area contributed by atoms with Gasteiger partial charge in [0.15, 0.2) is 5.78 Å². The van der Waals surface area contributed by atoms with Crippen LogP contribution in [0, 0.1) is 13.8 Å². The lowest BCUT2D eigenvalue weighted by Gasteiger charge is -2.08. The van der Waals surface area contributed by atoms with Crippen LogP contribution in [0.3, 0.4) is 0 Å². The smallest absolute Gasteiger partial charge is 0.224 e. The molecular weight excluding hydrogens is 342 g/mol. The predicted octanol–water partition coefficient (Wildman–Crippen LogP) is 4.67. The molecule has 0 bridgehead atoms. The maximum atomic E-state index is 12.0. The minimum Gasteiger partial charge on any atom is -0.326 e. The Bertz CT molecular complexity index is 693. The highest BCUT2D eigenvalue weighted by molar-refractivity contribution is 9.10. The fourth-order valence-electron chi connectivity index (χ4n) is 2.09. The van der Waals surface area contributed by atoms with Crippen molar-refractivity contribution in [3.8, 4) is 0 Å². The summed E-state index contributed by atoms with van der Waals surface area (Å²) in [6, 6.07) is 13.1. The zero-order chi connectivity index (χ0) is 16.1. The molecule has 114 valence electrons. The van der Waals surface area contributed by atoms with Crippen LogP contribution in [0.5, 0.6) is 0 Å². The lowest BCUT2D eigenvalue weighted by Crippen LogP contribution is -2.14. The van der Waals surface area contributed by atoms with E-state index in [2.05, 4.69) is 21.2 Å². The second kappa shape index (κ2) is 7.36. The Balaban J connectivity index is 1.89. The van der Waals surface area contributed by atoms with Crippen molar-refractivity contribution in [1.82, 2.24) is 0 Å². The third-order valence-electron chi connectivity index (χ3n) is 3.42. The zero-order valence-corrected chi connectivity index (χ0v) is 14.2. The van der Waals surface area contributed by atoms with Crippen LogP contribution >= 0.6 is 15.9 Å². The number of nitrogens with one attached hydrogen (secondary N) is 1. The second-order valence-corrected chi connectivity index (χ2v) is 6.21. The lowest BCUT2D eigenvalue weighted by atomic mass is 10.0. The van der Waals surface area contributed by atoms with Crippen molar-refractivity contribution in [2.24, 2.45) is 0 Å². The highest BCUT2D eigenvalue weighted by Crippen LogP contribution is 2.20. The predicted molar refractivity (Wildman–Crippen MR) is 92.3 cm³/mol. The SMILES string of the molecule is Cc1ccc(C(=O)CCC(=O)Nc2ccc(Br)cc2C)cc1. The Hall–Kier alpha value is -1.94. The summed E-state index contributed by atoms with van der Waals surface area (Å²) in [6.07, 6.45) is 0.396. The molecule has 0 saturated heterocycles. The van der Waals surface area contributed by atoms with Crippen LogP contribution in [-0.2, 0) is 4.79 Å². The van der Waals surface area contributed by atoms with Crippen molar-refractivity contribution in [1.29, 1.82) is 0 Å². The van der Waals surface area contributed by atoms with E-state index in [9.17, 15) is 9.59 Å². The molecule has 0 fully saturated rings. The summed E-state index contributed by atoms with van der Waals surface area (Å²) >= 11 is 3.39. The van der Waals surface area contributed by atoms with Crippen LogP contribution in [-0.4, -0.2) is 11.7 Å². The van der Waals surface area contributed by atoms with E-state index in [-0.39, 0.29) is 24.5 Å². The van der Waals surface area contributed by atoms with Gasteiger partial charge in [0.05, 0.1) is 0 Å². The molecule has 0 radical (unpaired) electrons. The van der Waals surface area contributed by atoms with Gasteiger partial charge in [-0.25, -0.2) is 0 Å². The molecule has 0 aromatic heterocycles. The Morgan fingerprint density at radius 2 is 1.68 bits per heavy atom. The van der Waals surface area contributed by atoms with Gasteiger partial charge in [0.2, 0.25) is 5.91 Å². The van der Waals surface area contributed by atoms with Crippen molar-refractivity contribution < 1.29 is 9.59 Å². The maximum Gasteiger partial charge on any atom is 0.224 e. The van der Waals surface area contributed by atoms with E-state index in [1.807, 2.05) is 44.2 Å². The fraction of sp³-hybridized carbons (Fsp3) is 0.222. The van der Waals surface area contributed by atoms with Gasteiger partial charge in [0, 0.05) is 28.6 Å². The molecule has 0 unspecified atom stereocenters. The molecule has 2 aromatic carbocycles. The summed E-state index contributed by atoms with van der Waals surface area (Å²) in [5.41, 5.74) is 3.52. The van der Waals surface area contributed by atoms with E-state index in [0.29, 0.717) is 5.56 Å². The molecule has 0 saturated carbocycles. The molecular formula is C18H18BrNO2. The van der Waals surface area contributed by atoms with Crippen LogP contribution < -0.4 is 5.32 Å². The van der Waals surface area contributed by atoms with Gasteiger partial charge in [0.25, 0.3) is 0 Å². The van der Waals surface area contributed by atoms with Gasteiger partial charge in [-0.05, 0) is 37.6 Å². The molecule has 1 N–H and O–H groups in total. The van der Waals surface area contributed by atoms with Gasteiger partial charge in [-0.2, -0.15) is 0 Å². The van der Waals surface area contributed by atoms with Gasteiger partial charge in [-0.15, -0.1) is 0 Å². The van der Waals surface area contributed by atoms with Crippen LogP contribution in [0.25, 0.3) is 0 Å². The third kappa shape index (κ3) is 4.53. The first-order valence-corrected chi connectivity index (χ1v) is 7.91. The number of amides is 1. The average molecular weight is 360 g/mol. The summed E-state index contributed by atoms with van der Waals surface area (Å²) in [5, 5.41) is 2.84. The number of rotatable bonds is 5. The molecule has 2 rings (SSSR count). The van der Waals surface area contributed by atoms with Crippen molar-refractivity contribution in [3.05, 3.63) is 63.6 Å². The van der Waals surface area contributed by atoms with Crippen LogP contribution in [0.15, 0.2) is 46.9 Å².